The Morgan fingerprint density at radius 1 is 1.13 bits per heavy atom. The van der Waals surface area contributed by atoms with Crippen LogP contribution in [-0.2, 0) is 10.0 Å². The molecule has 2 aromatic carbocycles. The molecule has 1 atom stereocenters. The Bertz CT molecular complexity index is 822. The molecule has 1 amide bonds. The average molecular weight is 397 g/mol. The van der Waals surface area contributed by atoms with Gasteiger partial charge in [0.15, 0.2) is 0 Å². The highest BCUT2D eigenvalue weighted by molar-refractivity contribution is 9.10. The van der Waals surface area contributed by atoms with Crippen LogP contribution in [0.15, 0.2) is 53.0 Å². The van der Waals surface area contributed by atoms with Crippen LogP contribution in [0.25, 0.3) is 0 Å². The summed E-state index contributed by atoms with van der Waals surface area (Å²) in [5.74, 6) is -0.343. The fraction of sp³-hybridized carbons (Fsp3) is 0.188. The number of anilines is 1. The first-order valence-electron chi connectivity index (χ1n) is 6.89. The van der Waals surface area contributed by atoms with Crippen molar-refractivity contribution in [2.45, 2.75) is 13.0 Å². The minimum atomic E-state index is -3.46. The van der Waals surface area contributed by atoms with Gasteiger partial charge in [-0.1, -0.05) is 40.2 Å². The molecule has 0 radical (unpaired) electrons. The molecular formula is C16H17BrN2O3S. The summed E-state index contributed by atoms with van der Waals surface area (Å²) in [6.45, 7) is 1.87. The van der Waals surface area contributed by atoms with Crippen molar-refractivity contribution in [2.24, 2.45) is 0 Å². The van der Waals surface area contributed by atoms with Gasteiger partial charge in [0, 0.05) is 4.47 Å². The summed E-state index contributed by atoms with van der Waals surface area (Å²) in [5.41, 5.74) is 1.48. The van der Waals surface area contributed by atoms with Gasteiger partial charge < -0.3 is 5.32 Å². The monoisotopic (exact) mass is 396 g/mol. The molecule has 0 aliphatic carbocycles. The van der Waals surface area contributed by atoms with E-state index in [2.05, 4.69) is 26.0 Å². The van der Waals surface area contributed by atoms with Crippen molar-refractivity contribution in [3.05, 3.63) is 64.1 Å². The SMILES string of the molecule is CC(NC(=O)c1ccccc1NS(C)(=O)=O)c1cccc(Br)c1. The van der Waals surface area contributed by atoms with Crippen molar-refractivity contribution >= 4 is 37.5 Å². The van der Waals surface area contributed by atoms with Gasteiger partial charge in [0.05, 0.1) is 23.5 Å². The second kappa shape index (κ2) is 7.14. The molecule has 0 aliphatic heterocycles. The second-order valence-electron chi connectivity index (χ2n) is 5.17. The van der Waals surface area contributed by atoms with Crippen molar-refractivity contribution in [2.75, 3.05) is 11.0 Å². The van der Waals surface area contributed by atoms with Crippen LogP contribution in [0, 0.1) is 0 Å². The number of sulfonamides is 1. The van der Waals surface area contributed by atoms with Crippen molar-refractivity contribution in [3.63, 3.8) is 0 Å². The maximum atomic E-state index is 12.5. The van der Waals surface area contributed by atoms with Gasteiger partial charge in [0.25, 0.3) is 5.91 Å². The summed E-state index contributed by atoms with van der Waals surface area (Å²) in [6.07, 6.45) is 1.05. The highest BCUT2D eigenvalue weighted by Crippen LogP contribution is 2.20. The van der Waals surface area contributed by atoms with E-state index in [1.165, 1.54) is 0 Å². The van der Waals surface area contributed by atoms with E-state index in [-0.39, 0.29) is 23.2 Å². The minimum Gasteiger partial charge on any atom is -0.345 e. The molecule has 2 rings (SSSR count). The lowest BCUT2D eigenvalue weighted by molar-refractivity contribution is 0.0941. The molecule has 23 heavy (non-hydrogen) atoms. The summed E-state index contributed by atoms with van der Waals surface area (Å²) in [4.78, 5) is 12.5. The summed E-state index contributed by atoms with van der Waals surface area (Å²) in [5, 5.41) is 2.87. The molecule has 5 nitrogen and oxygen atoms in total. The fourth-order valence-corrected chi connectivity index (χ4v) is 3.10. The Labute approximate surface area is 144 Å². The second-order valence-corrected chi connectivity index (χ2v) is 7.83. The van der Waals surface area contributed by atoms with Crippen LogP contribution in [0.2, 0.25) is 0 Å². The van der Waals surface area contributed by atoms with Gasteiger partial charge in [-0.25, -0.2) is 8.42 Å². The lowest BCUT2D eigenvalue weighted by Crippen LogP contribution is -2.27. The molecule has 122 valence electrons. The van der Waals surface area contributed by atoms with Crippen LogP contribution in [-0.4, -0.2) is 20.6 Å². The standard InChI is InChI=1S/C16H17BrN2O3S/c1-11(12-6-5-7-13(17)10-12)18-16(20)14-8-3-4-9-15(14)19-23(2,21)22/h3-11,19H,1-2H3,(H,18,20). The van der Waals surface area contributed by atoms with E-state index in [9.17, 15) is 13.2 Å². The Kier molecular flexibility index (Phi) is 5.43. The maximum Gasteiger partial charge on any atom is 0.253 e. The van der Waals surface area contributed by atoms with E-state index < -0.39 is 10.0 Å². The van der Waals surface area contributed by atoms with Crippen LogP contribution in [0.1, 0.15) is 28.9 Å². The van der Waals surface area contributed by atoms with Gasteiger partial charge in [0.1, 0.15) is 0 Å². The minimum absolute atomic E-state index is 0.216. The van der Waals surface area contributed by atoms with E-state index in [1.807, 2.05) is 31.2 Å². The summed E-state index contributed by atoms with van der Waals surface area (Å²) >= 11 is 3.40. The number of benzene rings is 2. The van der Waals surface area contributed by atoms with Crippen molar-refractivity contribution < 1.29 is 13.2 Å². The molecule has 0 heterocycles. The molecule has 0 aliphatic rings. The molecule has 0 saturated carbocycles. The van der Waals surface area contributed by atoms with Crippen molar-refractivity contribution in [1.29, 1.82) is 0 Å². The van der Waals surface area contributed by atoms with E-state index in [1.54, 1.807) is 24.3 Å². The number of carbonyl (C=O) groups excluding carboxylic acids is 1. The van der Waals surface area contributed by atoms with Gasteiger partial charge >= 0.3 is 0 Å². The Balaban J connectivity index is 2.21. The zero-order valence-electron chi connectivity index (χ0n) is 12.7. The van der Waals surface area contributed by atoms with Gasteiger partial charge in [0.2, 0.25) is 10.0 Å². The first-order chi connectivity index (χ1) is 10.8. The first-order valence-corrected chi connectivity index (χ1v) is 9.58. The Morgan fingerprint density at radius 3 is 2.48 bits per heavy atom. The average Bonchev–Trinajstić information content (AvgIpc) is 2.46. The largest absolute Gasteiger partial charge is 0.345 e. The van der Waals surface area contributed by atoms with Crippen LogP contribution < -0.4 is 10.0 Å². The Morgan fingerprint density at radius 2 is 1.83 bits per heavy atom. The predicted octanol–water partition coefficient (Wildman–Crippen LogP) is 3.31. The fourth-order valence-electron chi connectivity index (χ4n) is 2.10. The smallest absolute Gasteiger partial charge is 0.253 e. The molecule has 0 spiro atoms. The first kappa shape index (κ1) is 17.5. The Hall–Kier alpha value is -1.86. The summed E-state index contributed by atoms with van der Waals surface area (Å²) < 4.78 is 26.1. The van der Waals surface area contributed by atoms with Gasteiger partial charge in [-0.05, 0) is 36.8 Å². The molecule has 7 heteroatoms. The highest BCUT2D eigenvalue weighted by Gasteiger charge is 2.16. The quantitative estimate of drug-likeness (QED) is 0.813. The number of nitrogens with one attached hydrogen (secondary N) is 2. The normalized spacial score (nSPS) is 12.5. The molecule has 2 aromatic rings. The molecule has 2 N–H and O–H groups in total. The third-order valence-electron chi connectivity index (χ3n) is 3.16. The number of para-hydroxylation sites is 1. The van der Waals surface area contributed by atoms with E-state index in [4.69, 9.17) is 0 Å². The van der Waals surface area contributed by atoms with Gasteiger partial charge in [-0.3, -0.25) is 9.52 Å². The topological polar surface area (TPSA) is 75.3 Å². The van der Waals surface area contributed by atoms with Crippen LogP contribution in [0.3, 0.4) is 0 Å². The van der Waals surface area contributed by atoms with Gasteiger partial charge in [-0.15, -0.1) is 0 Å². The zero-order chi connectivity index (χ0) is 17.0. The lowest BCUT2D eigenvalue weighted by atomic mass is 10.1. The van der Waals surface area contributed by atoms with Crippen LogP contribution >= 0.6 is 15.9 Å². The molecule has 0 aromatic heterocycles. The van der Waals surface area contributed by atoms with E-state index >= 15 is 0 Å². The number of carbonyl (C=O) groups is 1. The number of halogens is 1. The highest BCUT2D eigenvalue weighted by atomic mass is 79.9. The summed E-state index contributed by atoms with van der Waals surface area (Å²) in [6, 6.07) is 13.9. The van der Waals surface area contributed by atoms with Crippen molar-refractivity contribution in [3.8, 4) is 0 Å². The van der Waals surface area contributed by atoms with E-state index in [0.717, 1.165) is 16.3 Å². The third-order valence-corrected chi connectivity index (χ3v) is 4.25. The number of rotatable bonds is 5. The predicted molar refractivity (Wildman–Crippen MR) is 94.9 cm³/mol. The van der Waals surface area contributed by atoms with Crippen LogP contribution in [0.4, 0.5) is 5.69 Å². The molecule has 1 unspecified atom stereocenters. The van der Waals surface area contributed by atoms with Crippen molar-refractivity contribution in [1.82, 2.24) is 5.32 Å². The molecule has 0 bridgehead atoms. The zero-order valence-corrected chi connectivity index (χ0v) is 15.1. The molecular weight excluding hydrogens is 380 g/mol. The van der Waals surface area contributed by atoms with E-state index in [0.29, 0.717) is 0 Å². The van der Waals surface area contributed by atoms with Crippen LogP contribution in [0.5, 0.6) is 0 Å². The molecule has 0 saturated heterocycles. The number of hydrogen-bond acceptors (Lipinski definition) is 3. The number of amides is 1. The summed E-state index contributed by atoms with van der Waals surface area (Å²) in [7, 11) is -3.46. The lowest BCUT2D eigenvalue weighted by Gasteiger charge is -2.16. The maximum absolute atomic E-state index is 12.5. The third kappa shape index (κ3) is 5.07. The van der Waals surface area contributed by atoms with Gasteiger partial charge in [-0.2, -0.15) is 0 Å². The number of hydrogen-bond donors (Lipinski definition) is 2. The molecule has 0 fully saturated rings.